The van der Waals surface area contributed by atoms with E-state index in [1.807, 2.05) is 0 Å². The third kappa shape index (κ3) is 4.67. The Bertz CT molecular complexity index is 84.6. The van der Waals surface area contributed by atoms with Crippen molar-refractivity contribution in [2.75, 3.05) is 13.2 Å². The normalized spacial score (nSPS) is 18.3. The van der Waals surface area contributed by atoms with Gasteiger partial charge in [0.15, 0.2) is 0 Å². The van der Waals surface area contributed by atoms with E-state index in [4.69, 9.17) is 26.2 Å². The van der Waals surface area contributed by atoms with Crippen molar-refractivity contribution >= 4 is 17.0 Å². The highest BCUT2D eigenvalue weighted by molar-refractivity contribution is 8.93. The summed E-state index contributed by atoms with van der Waals surface area (Å²) in [6.45, 7) is -0.726. The van der Waals surface area contributed by atoms with Crippen LogP contribution in [0.1, 0.15) is 0 Å². The topological polar surface area (TPSA) is 107 Å². The minimum absolute atomic E-state index is 0. The molecule has 0 saturated heterocycles. The Hall–Kier alpha value is 0.280. The van der Waals surface area contributed by atoms with Crippen LogP contribution in [0.2, 0.25) is 0 Å². The summed E-state index contributed by atoms with van der Waals surface area (Å²) in [6.07, 6.45) is -3.87. The molecule has 0 rings (SSSR count). The van der Waals surface area contributed by atoms with E-state index in [9.17, 15) is 0 Å². The van der Waals surface area contributed by atoms with Gasteiger partial charge in [-0.3, -0.25) is 0 Å². The minimum atomic E-state index is -1.37. The van der Waals surface area contributed by atoms with E-state index in [0.29, 0.717) is 0 Å². The standard InChI is InChI=1S/C5H13NO4.BrH/c6-1-3(8)5(10)4(9)2-7;/h3-5,7-10H,1-2,6H2;1H/t3-,4-,5-;/m1./s1. The Morgan fingerprint density at radius 1 is 1.09 bits per heavy atom. The third-order valence-corrected chi connectivity index (χ3v) is 1.22. The smallest absolute Gasteiger partial charge is 0.109 e. The Morgan fingerprint density at radius 2 is 1.55 bits per heavy atom. The van der Waals surface area contributed by atoms with Crippen LogP contribution >= 0.6 is 17.0 Å². The van der Waals surface area contributed by atoms with Gasteiger partial charge in [0.1, 0.15) is 12.2 Å². The largest absolute Gasteiger partial charge is 0.394 e. The lowest BCUT2D eigenvalue weighted by Crippen LogP contribution is -2.43. The Labute approximate surface area is 75.2 Å². The molecule has 70 valence electrons. The van der Waals surface area contributed by atoms with Crippen LogP contribution in [0.15, 0.2) is 0 Å². The molecule has 0 radical (unpaired) electrons. The molecule has 0 aliphatic carbocycles. The van der Waals surface area contributed by atoms with E-state index in [0.717, 1.165) is 0 Å². The maximum atomic E-state index is 8.85. The van der Waals surface area contributed by atoms with Gasteiger partial charge >= 0.3 is 0 Å². The number of halogens is 1. The molecule has 0 aliphatic heterocycles. The molecule has 0 unspecified atom stereocenters. The van der Waals surface area contributed by atoms with Crippen molar-refractivity contribution < 1.29 is 20.4 Å². The van der Waals surface area contributed by atoms with Gasteiger partial charge in [0.25, 0.3) is 0 Å². The molecule has 0 bridgehead atoms. The lowest BCUT2D eigenvalue weighted by molar-refractivity contribution is -0.0727. The van der Waals surface area contributed by atoms with Gasteiger partial charge in [-0.05, 0) is 0 Å². The summed E-state index contributed by atoms with van der Waals surface area (Å²) >= 11 is 0. The summed E-state index contributed by atoms with van der Waals surface area (Å²) in [6, 6.07) is 0. The first-order valence-corrected chi connectivity index (χ1v) is 2.98. The molecule has 0 heterocycles. The highest BCUT2D eigenvalue weighted by Crippen LogP contribution is 1.97. The van der Waals surface area contributed by atoms with Crippen molar-refractivity contribution in [2.24, 2.45) is 5.73 Å². The molecule has 5 nitrogen and oxygen atoms in total. The van der Waals surface area contributed by atoms with Gasteiger partial charge in [-0.1, -0.05) is 0 Å². The van der Waals surface area contributed by atoms with E-state index < -0.39 is 24.9 Å². The summed E-state index contributed by atoms with van der Waals surface area (Å²) in [7, 11) is 0. The second-order valence-electron chi connectivity index (χ2n) is 2.04. The zero-order chi connectivity index (χ0) is 8.15. The fourth-order valence-corrected chi connectivity index (χ4v) is 0.504. The number of aliphatic hydroxyl groups is 4. The third-order valence-electron chi connectivity index (χ3n) is 1.22. The van der Waals surface area contributed by atoms with Gasteiger partial charge in [0, 0.05) is 6.54 Å². The van der Waals surface area contributed by atoms with Crippen molar-refractivity contribution in [1.82, 2.24) is 0 Å². The van der Waals surface area contributed by atoms with E-state index in [-0.39, 0.29) is 23.5 Å². The number of hydrogen-bond donors (Lipinski definition) is 5. The number of rotatable bonds is 4. The zero-order valence-corrected chi connectivity index (χ0v) is 7.63. The molecule has 0 saturated carbocycles. The zero-order valence-electron chi connectivity index (χ0n) is 5.92. The quantitative estimate of drug-likeness (QED) is 0.371. The molecule has 6 N–H and O–H groups in total. The van der Waals surface area contributed by atoms with Crippen LogP contribution < -0.4 is 5.73 Å². The Kier molecular flexibility index (Phi) is 8.76. The van der Waals surface area contributed by atoms with E-state index >= 15 is 0 Å². The average Bonchev–Trinajstić information content (AvgIpc) is 2.00. The number of aliphatic hydroxyl groups excluding tert-OH is 4. The fraction of sp³-hybridized carbons (Fsp3) is 1.00. The van der Waals surface area contributed by atoms with Crippen LogP contribution in [0, 0.1) is 0 Å². The lowest BCUT2D eigenvalue weighted by Gasteiger charge is -2.19. The fourth-order valence-electron chi connectivity index (χ4n) is 0.504. The summed E-state index contributed by atoms with van der Waals surface area (Å²) in [4.78, 5) is 0. The summed E-state index contributed by atoms with van der Waals surface area (Å²) in [5.74, 6) is 0. The molecule has 0 amide bonds. The molecular weight excluding hydrogens is 218 g/mol. The Morgan fingerprint density at radius 3 is 1.82 bits per heavy atom. The first-order chi connectivity index (χ1) is 4.63. The van der Waals surface area contributed by atoms with Crippen molar-refractivity contribution in [3.63, 3.8) is 0 Å². The molecule has 6 heteroatoms. The second kappa shape index (κ2) is 6.96. The van der Waals surface area contributed by atoms with Crippen molar-refractivity contribution in [3.8, 4) is 0 Å². The SMILES string of the molecule is Br.NC[C@@H](O)[C@@H](O)[C@H](O)CO. The van der Waals surface area contributed by atoms with Gasteiger partial charge in [0.2, 0.25) is 0 Å². The first kappa shape index (κ1) is 13.8. The van der Waals surface area contributed by atoms with Crippen molar-refractivity contribution in [3.05, 3.63) is 0 Å². The molecule has 11 heavy (non-hydrogen) atoms. The minimum Gasteiger partial charge on any atom is -0.394 e. The first-order valence-electron chi connectivity index (χ1n) is 2.98. The van der Waals surface area contributed by atoms with Crippen molar-refractivity contribution in [2.45, 2.75) is 18.3 Å². The molecule has 0 spiro atoms. The van der Waals surface area contributed by atoms with E-state index in [1.54, 1.807) is 0 Å². The van der Waals surface area contributed by atoms with Crippen LogP contribution in [0.4, 0.5) is 0 Å². The molecule has 0 aromatic rings. The molecule has 3 atom stereocenters. The molecule has 0 fully saturated rings. The highest BCUT2D eigenvalue weighted by Gasteiger charge is 2.22. The van der Waals surface area contributed by atoms with E-state index in [2.05, 4.69) is 0 Å². The van der Waals surface area contributed by atoms with Gasteiger partial charge < -0.3 is 26.2 Å². The average molecular weight is 232 g/mol. The van der Waals surface area contributed by atoms with Gasteiger partial charge in [0.05, 0.1) is 12.7 Å². The molecular formula is C5H14BrNO4. The van der Waals surface area contributed by atoms with Crippen LogP contribution in [-0.2, 0) is 0 Å². The lowest BCUT2D eigenvalue weighted by atomic mass is 10.1. The maximum Gasteiger partial charge on any atom is 0.109 e. The van der Waals surface area contributed by atoms with Crippen LogP contribution in [0.25, 0.3) is 0 Å². The Balaban J connectivity index is 0. The van der Waals surface area contributed by atoms with Crippen molar-refractivity contribution in [1.29, 1.82) is 0 Å². The van der Waals surface area contributed by atoms with Crippen LogP contribution in [0.5, 0.6) is 0 Å². The van der Waals surface area contributed by atoms with Crippen LogP contribution in [-0.4, -0.2) is 51.9 Å². The number of nitrogens with two attached hydrogens (primary N) is 1. The predicted molar refractivity (Wildman–Crippen MR) is 44.5 cm³/mol. The summed E-state index contributed by atoms with van der Waals surface area (Å²) < 4.78 is 0. The summed E-state index contributed by atoms with van der Waals surface area (Å²) in [5.41, 5.74) is 4.96. The van der Waals surface area contributed by atoms with Gasteiger partial charge in [-0.25, -0.2) is 0 Å². The molecule has 0 aromatic carbocycles. The van der Waals surface area contributed by atoms with Gasteiger partial charge in [-0.15, -0.1) is 17.0 Å². The van der Waals surface area contributed by atoms with E-state index in [1.165, 1.54) is 0 Å². The maximum absolute atomic E-state index is 8.85. The molecule has 0 aliphatic rings. The highest BCUT2D eigenvalue weighted by atomic mass is 79.9. The number of hydrogen-bond acceptors (Lipinski definition) is 5. The molecule has 0 aromatic heterocycles. The second-order valence-corrected chi connectivity index (χ2v) is 2.04. The predicted octanol–water partition coefficient (Wildman–Crippen LogP) is -2.40. The van der Waals surface area contributed by atoms with Crippen LogP contribution in [0.3, 0.4) is 0 Å². The summed E-state index contributed by atoms with van der Waals surface area (Å²) in [5, 5.41) is 34.6. The monoisotopic (exact) mass is 231 g/mol. The van der Waals surface area contributed by atoms with Gasteiger partial charge in [-0.2, -0.15) is 0 Å².